The van der Waals surface area contributed by atoms with Gasteiger partial charge in [-0.1, -0.05) is 11.6 Å². The number of aromatic nitrogens is 2. The van der Waals surface area contributed by atoms with E-state index < -0.39 is 0 Å². The molecule has 1 aromatic heterocycles. The third-order valence-electron chi connectivity index (χ3n) is 3.42. The van der Waals surface area contributed by atoms with E-state index in [1.54, 1.807) is 55.6 Å². The molecule has 26 heavy (non-hydrogen) atoms. The zero-order valence-corrected chi connectivity index (χ0v) is 14.8. The SMILES string of the molecule is CCOC(=O)c1ccc(Nc2nccc(Nc3ccc(Cl)cc3)n2)cc1. The van der Waals surface area contributed by atoms with E-state index in [0.29, 0.717) is 29.0 Å². The predicted octanol–water partition coefficient (Wildman–Crippen LogP) is 4.79. The molecule has 0 radical (unpaired) electrons. The largest absolute Gasteiger partial charge is 0.462 e. The van der Waals surface area contributed by atoms with Crippen molar-refractivity contribution >= 4 is 40.7 Å². The number of rotatable bonds is 6. The molecule has 3 aromatic rings. The van der Waals surface area contributed by atoms with Gasteiger partial charge in [0.2, 0.25) is 5.95 Å². The first-order chi connectivity index (χ1) is 12.6. The molecule has 0 unspecified atom stereocenters. The van der Waals surface area contributed by atoms with Gasteiger partial charge in [-0.2, -0.15) is 4.98 Å². The minimum Gasteiger partial charge on any atom is -0.462 e. The molecule has 0 aliphatic carbocycles. The van der Waals surface area contributed by atoms with E-state index in [4.69, 9.17) is 16.3 Å². The van der Waals surface area contributed by atoms with Crippen LogP contribution in [0.25, 0.3) is 0 Å². The van der Waals surface area contributed by atoms with Gasteiger partial charge in [0.1, 0.15) is 5.82 Å². The molecular weight excluding hydrogens is 352 g/mol. The number of carbonyl (C=O) groups is 1. The number of hydrogen-bond acceptors (Lipinski definition) is 6. The second kappa shape index (κ2) is 8.31. The zero-order valence-electron chi connectivity index (χ0n) is 14.1. The van der Waals surface area contributed by atoms with E-state index in [1.807, 2.05) is 12.1 Å². The van der Waals surface area contributed by atoms with Crippen LogP contribution >= 0.6 is 11.6 Å². The van der Waals surface area contributed by atoms with Crippen LogP contribution in [0.4, 0.5) is 23.1 Å². The van der Waals surface area contributed by atoms with Crippen LogP contribution < -0.4 is 10.6 Å². The van der Waals surface area contributed by atoms with E-state index in [1.165, 1.54) is 0 Å². The van der Waals surface area contributed by atoms with Gasteiger partial charge in [0.05, 0.1) is 12.2 Å². The third-order valence-corrected chi connectivity index (χ3v) is 3.68. The second-order valence-corrected chi connectivity index (χ2v) is 5.76. The Morgan fingerprint density at radius 3 is 2.35 bits per heavy atom. The quantitative estimate of drug-likeness (QED) is 0.609. The third kappa shape index (κ3) is 4.70. The Morgan fingerprint density at radius 2 is 1.65 bits per heavy atom. The highest BCUT2D eigenvalue weighted by Gasteiger charge is 2.06. The monoisotopic (exact) mass is 368 g/mol. The van der Waals surface area contributed by atoms with Crippen molar-refractivity contribution in [3.8, 4) is 0 Å². The standard InChI is InChI=1S/C19H17ClN4O2/c1-2-26-18(25)13-3-7-16(8-4-13)23-19-21-12-11-17(24-19)22-15-9-5-14(20)6-10-15/h3-12H,2H2,1H3,(H2,21,22,23,24). The molecule has 0 aliphatic heterocycles. The first-order valence-corrected chi connectivity index (χ1v) is 8.41. The molecule has 0 saturated carbocycles. The van der Waals surface area contributed by atoms with Gasteiger partial charge in [-0.3, -0.25) is 0 Å². The van der Waals surface area contributed by atoms with Crippen LogP contribution in [0.15, 0.2) is 60.8 Å². The Kier molecular flexibility index (Phi) is 5.66. The summed E-state index contributed by atoms with van der Waals surface area (Å²) in [7, 11) is 0. The van der Waals surface area contributed by atoms with E-state index in [0.717, 1.165) is 11.4 Å². The van der Waals surface area contributed by atoms with Crippen molar-refractivity contribution in [2.24, 2.45) is 0 Å². The number of benzene rings is 2. The maximum atomic E-state index is 11.7. The fourth-order valence-electron chi connectivity index (χ4n) is 2.20. The molecule has 0 aliphatic rings. The molecule has 7 heteroatoms. The summed E-state index contributed by atoms with van der Waals surface area (Å²) in [4.78, 5) is 20.3. The van der Waals surface area contributed by atoms with Crippen molar-refractivity contribution in [1.82, 2.24) is 9.97 Å². The Bertz CT molecular complexity index is 883. The molecule has 0 atom stereocenters. The first-order valence-electron chi connectivity index (χ1n) is 8.04. The molecule has 0 bridgehead atoms. The molecular formula is C19H17ClN4O2. The lowest BCUT2D eigenvalue weighted by Gasteiger charge is -2.09. The number of ether oxygens (including phenoxy) is 1. The van der Waals surface area contributed by atoms with Gasteiger partial charge < -0.3 is 15.4 Å². The van der Waals surface area contributed by atoms with Crippen molar-refractivity contribution in [2.75, 3.05) is 17.2 Å². The number of anilines is 4. The second-order valence-electron chi connectivity index (χ2n) is 5.32. The van der Waals surface area contributed by atoms with Crippen molar-refractivity contribution < 1.29 is 9.53 Å². The topological polar surface area (TPSA) is 76.1 Å². The summed E-state index contributed by atoms with van der Waals surface area (Å²) >= 11 is 5.89. The lowest BCUT2D eigenvalue weighted by molar-refractivity contribution is 0.0526. The van der Waals surface area contributed by atoms with Crippen molar-refractivity contribution in [3.63, 3.8) is 0 Å². The molecule has 1 heterocycles. The molecule has 132 valence electrons. The normalized spacial score (nSPS) is 10.2. The van der Waals surface area contributed by atoms with Gasteiger partial charge in [-0.15, -0.1) is 0 Å². The highest BCUT2D eigenvalue weighted by atomic mass is 35.5. The average molecular weight is 369 g/mol. The fraction of sp³-hybridized carbons (Fsp3) is 0.105. The number of esters is 1. The molecule has 0 fully saturated rings. The van der Waals surface area contributed by atoms with E-state index >= 15 is 0 Å². The summed E-state index contributed by atoms with van der Waals surface area (Å²) in [6.45, 7) is 2.12. The van der Waals surface area contributed by atoms with Gasteiger partial charge in [0.15, 0.2) is 0 Å². The lowest BCUT2D eigenvalue weighted by atomic mass is 10.2. The van der Waals surface area contributed by atoms with Gasteiger partial charge in [-0.25, -0.2) is 9.78 Å². The van der Waals surface area contributed by atoms with Crippen LogP contribution in [0.1, 0.15) is 17.3 Å². The van der Waals surface area contributed by atoms with Crippen LogP contribution in [-0.2, 0) is 4.74 Å². The summed E-state index contributed by atoms with van der Waals surface area (Å²) < 4.78 is 4.97. The van der Waals surface area contributed by atoms with Crippen molar-refractivity contribution in [1.29, 1.82) is 0 Å². The molecule has 2 aromatic carbocycles. The maximum Gasteiger partial charge on any atom is 0.338 e. The van der Waals surface area contributed by atoms with Gasteiger partial charge in [0, 0.05) is 22.6 Å². The highest BCUT2D eigenvalue weighted by molar-refractivity contribution is 6.30. The lowest BCUT2D eigenvalue weighted by Crippen LogP contribution is -2.04. The summed E-state index contributed by atoms with van der Waals surface area (Å²) in [6, 6.07) is 16.0. The van der Waals surface area contributed by atoms with Crippen LogP contribution in [0, 0.1) is 0 Å². The van der Waals surface area contributed by atoms with Gasteiger partial charge in [-0.05, 0) is 61.5 Å². The minimum atomic E-state index is -0.343. The van der Waals surface area contributed by atoms with Gasteiger partial charge in [0.25, 0.3) is 0 Å². The van der Waals surface area contributed by atoms with Crippen LogP contribution in [-0.4, -0.2) is 22.5 Å². The maximum absolute atomic E-state index is 11.7. The Morgan fingerprint density at radius 1 is 1.00 bits per heavy atom. The molecule has 3 rings (SSSR count). The summed E-state index contributed by atoms with van der Waals surface area (Å²) in [5.41, 5.74) is 2.14. The van der Waals surface area contributed by atoms with E-state index in [-0.39, 0.29) is 5.97 Å². The number of nitrogens with one attached hydrogen (secondary N) is 2. The molecule has 0 saturated heterocycles. The van der Waals surface area contributed by atoms with Crippen LogP contribution in [0.5, 0.6) is 0 Å². The Labute approximate surface area is 156 Å². The average Bonchev–Trinajstić information content (AvgIpc) is 2.65. The van der Waals surface area contributed by atoms with Gasteiger partial charge >= 0.3 is 5.97 Å². The number of halogens is 1. The predicted molar refractivity (Wildman–Crippen MR) is 102 cm³/mol. The molecule has 0 spiro atoms. The minimum absolute atomic E-state index is 0.343. The Hall–Kier alpha value is -3.12. The molecule has 0 amide bonds. The van der Waals surface area contributed by atoms with E-state index in [2.05, 4.69) is 20.6 Å². The van der Waals surface area contributed by atoms with Crippen LogP contribution in [0.3, 0.4) is 0 Å². The number of carbonyl (C=O) groups excluding carboxylic acids is 1. The zero-order chi connectivity index (χ0) is 18.4. The molecule has 6 nitrogen and oxygen atoms in total. The van der Waals surface area contributed by atoms with E-state index in [9.17, 15) is 4.79 Å². The van der Waals surface area contributed by atoms with Crippen LogP contribution in [0.2, 0.25) is 5.02 Å². The number of hydrogen-bond donors (Lipinski definition) is 2. The summed E-state index contributed by atoms with van der Waals surface area (Å²) in [6.07, 6.45) is 1.65. The first kappa shape index (κ1) is 17.7. The van der Waals surface area contributed by atoms with Crippen molar-refractivity contribution in [2.45, 2.75) is 6.92 Å². The summed E-state index contributed by atoms with van der Waals surface area (Å²) in [5, 5.41) is 6.96. The number of nitrogens with zero attached hydrogens (tertiary/aromatic N) is 2. The molecule has 2 N–H and O–H groups in total. The highest BCUT2D eigenvalue weighted by Crippen LogP contribution is 2.19. The summed E-state index contributed by atoms with van der Waals surface area (Å²) in [5.74, 6) is 0.741. The smallest absolute Gasteiger partial charge is 0.338 e. The Balaban J connectivity index is 1.68. The van der Waals surface area contributed by atoms with Crippen molar-refractivity contribution in [3.05, 3.63) is 71.4 Å². The fourth-order valence-corrected chi connectivity index (χ4v) is 2.33.